The molecule has 0 saturated heterocycles. The Morgan fingerprint density at radius 1 is 1.36 bits per heavy atom. The van der Waals surface area contributed by atoms with E-state index in [9.17, 15) is 4.79 Å². The van der Waals surface area contributed by atoms with Gasteiger partial charge in [0.25, 0.3) is 5.91 Å². The first-order valence-electron chi connectivity index (χ1n) is 7.08. The van der Waals surface area contributed by atoms with Crippen LogP contribution in [-0.2, 0) is 13.0 Å². The van der Waals surface area contributed by atoms with E-state index in [0.717, 1.165) is 12.8 Å². The minimum Gasteiger partial charge on any atom is -0.365 e. The molecule has 0 saturated carbocycles. The van der Waals surface area contributed by atoms with Crippen LogP contribution in [0.25, 0.3) is 5.57 Å². The number of carbonyl (C=O) groups is 1. The number of rotatable bonds is 4. The first-order valence-corrected chi connectivity index (χ1v) is 7.46. The number of aryl methyl sites for hydroxylation is 1. The third kappa shape index (κ3) is 2.70. The Kier molecular flexibility index (Phi) is 3.86. The lowest BCUT2D eigenvalue weighted by Crippen LogP contribution is -2.29. The number of hydrogen-bond donors (Lipinski definition) is 2. The van der Waals surface area contributed by atoms with Crippen molar-refractivity contribution in [3.63, 3.8) is 0 Å². The molecule has 2 aromatic rings. The molecule has 1 aromatic carbocycles. The molecule has 1 aromatic heterocycles. The molecule has 0 radical (unpaired) electrons. The van der Waals surface area contributed by atoms with Gasteiger partial charge in [-0.05, 0) is 35.6 Å². The Morgan fingerprint density at radius 3 is 2.91 bits per heavy atom. The van der Waals surface area contributed by atoms with E-state index >= 15 is 0 Å². The van der Waals surface area contributed by atoms with E-state index in [-0.39, 0.29) is 11.1 Å². The van der Waals surface area contributed by atoms with E-state index in [0.29, 0.717) is 11.6 Å². The van der Waals surface area contributed by atoms with Gasteiger partial charge >= 0.3 is 0 Å². The van der Waals surface area contributed by atoms with E-state index in [1.165, 1.54) is 22.8 Å². The molecule has 1 aliphatic carbocycles. The van der Waals surface area contributed by atoms with E-state index in [2.05, 4.69) is 18.2 Å². The van der Waals surface area contributed by atoms with Gasteiger partial charge in [-0.1, -0.05) is 41.9 Å². The van der Waals surface area contributed by atoms with Gasteiger partial charge in [-0.2, -0.15) is 0 Å². The van der Waals surface area contributed by atoms with Crippen molar-refractivity contribution in [2.24, 2.45) is 5.73 Å². The van der Waals surface area contributed by atoms with Crippen LogP contribution >= 0.6 is 11.6 Å². The zero-order chi connectivity index (χ0) is 15.7. The summed E-state index contributed by atoms with van der Waals surface area (Å²) >= 11 is 6.02. The Morgan fingerprint density at radius 2 is 2.14 bits per heavy atom. The van der Waals surface area contributed by atoms with Crippen molar-refractivity contribution in [2.45, 2.75) is 19.4 Å². The third-order valence-corrected chi connectivity index (χ3v) is 4.13. The monoisotopic (exact) mass is 313 g/mol. The maximum atomic E-state index is 11.4. The normalized spacial score (nSPS) is 12.9. The van der Waals surface area contributed by atoms with E-state index in [1.54, 1.807) is 10.8 Å². The van der Waals surface area contributed by atoms with Gasteiger partial charge in [0, 0.05) is 12.7 Å². The van der Waals surface area contributed by atoms with Crippen molar-refractivity contribution in [2.75, 3.05) is 0 Å². The molecule has 0 atom stereocenters. The maximum absolute atomic E-state index is 11.4. The smallest absolute Gasteiger partial charge is 0.252 e. The molecule has 0 unspecified atom stereocenters. The fourth-order valence-electron chi connectivity index (χ4n) is 2.81. The summed E-state index contributed by atoms with van der Waals surface area (Å²) in [5.41, 5.74) is 9.41. The number of pyridine rings is 1. The zero-order valence-corrected chi connectivity index (χ0v) is 12.7. The van der Waals surface area contributed by atoms with E-state index in [4.69, 9.17) is 22.7 Å². The number of primary amides is 1. The molecule has 1 aliphatic rings. The lowest BCUT2D eigenvalue weighted by molar-refractivity contribution is 0.0997. The number of fused-ring (bicyclic) bond motifs is 1. The second-order valence-corrected chi connectivity index (χ2v) is 5.76. The lowest BCUT2D eigenvalue weighted by atomic mass is 10.0. The number of hydrogen-bond acceptors (Lipinski definition) is 2. The van der Waals surface area contributed by atoms with Crippen molar-refractivity contribution >= 4 is 23.1 Å². The van der Waals surface area contributed by atoms with Crippen LogP contribution in [0.4, 0.5) is 0 Å². The summed E-state index contributed by atoms with van der Waals surface area (Å²) in [5, 5.41) is 8.48. The van der Waals surface area contributed by atoms with Crippen LogP contribution < -0.4 is 11.2 Å². The van der Waals surface area contributed by atoms with Crippen LogP contribution in [0.1, 0.15) is 27.9 Å². The Bertz CT molecular complexity index is 836. The van der Waals surface area contributed by atoms with Crippen LogP contribution in [0.5, 0.6) is 0 Å². The average molecular weight is 314 g/mol. The van der Waals surface area contributed by atoms with Crippen molar-refractivity contribution in [1.82, 2.24) is 4.57 Å². The lowest BCUT2D eigenvalue weighted by Gasteiger charge is -2.11. The highest BCUT2D eigenvalue weighted by Crippen LogP contribution is 2.29. The minimum atomic E-state index is -0.633. The summed E-state index contributed by atoms with van der Waals surface area (Å²) in [4.78, 5) is 11.4. The van der Waals surface area contributed by atoms with Crippen LogP contribution in [0.15, 0.2) is 42.6 Å². The summed E-state index contributed by atoms with van der Waals surface area (Å²) in [6.45, 7) is 0.583. The molecule has 3 rings (SSSR count). The summed E-state index contributed by atoms with van der Waals surface area (Å²) in [6.07, 6.45) is 5.62. The number of nitrogens with one attached hydrogen (secondary N) is 1. The number of nitrogens with zero attached hydrogens (tertiary/aromatic N) is 1. The number of carbonyl (C=O) groups excluding carboxylic acids is 1. The van der Waals surface area contributed by atoms with Gasteiger partial charge in [0.15, 0.2) is 0 Å². The first-order chi connectivity index (χ1) is 10.6. The van der Waals surface area contributed by atoms with Crippen molar-refractivity contribution < 1.29 is 4.79 Å². The zero-order valence-electron chi connectivity index (χ0n) is 12.0. The predicted octanol–water partition coefficient (Wildman–Crippen LogP) is 2.75. The molecule has 0 bridgehead atoms. The van der Waals surface area contributed by atoms with Crippen LogP contribution in [0.3, 0.4) is 0 Å². The van der Waals surface area contributed by atoms with Crippen LogP contribution in [0, 0.1) is 5.41 Å². The maximum Gasteiger partial charge on any atom is 0.252 e. The van der Waals surface area contributed by atoms with Crippen molar-refractivity contribution in [1.29, 1.82) is 5.41 Å². The molecule has 4 nitrogen and oxygen atoms in total. The summed E-state index contributed by atoms with van der Waals surface area (Å²) in [5.74, 6) is -0.633. The molecule has 0 spiro atoms. The molecule has 3 N–H and O–H groups in total. The molecule has 5 heteroatoms. The molecule has 1 amide bonds. The first kappa shape index (κ1) is 14.6. The van der Waals surface area contributed by atoms with E-state index in [1.807, 2.05) is 12.1 Å². The fraction of sp³-hybridized carbons (Fsp3) is 0.176. The van der Waals surface area contributed by atoms with Gasteiger partial charge in [-0.25, -0.2) is 0 Å². The van der Waals surface area contributed by atoms with Gasteiger partial charge in [-0.3, -0.25) is 10.2 Å². The minimum absolute atomic E-state index is 0.101. The topological polar surface area (TPSA) is 71.9 Å². The van der Waals surface area contributed by atoms with Crippen molar-refractivity contribution in [3.05, 3.63) is 69.8 Å². The molecule has 0 fully saturated rings. The highest BCUT2D eigenvalue weighted by molar-refractivity contribution is 6.30. The van der Waals surface area contributed by atoms with Crippen LogP contribution in [-0.4, -0.2) is 10.5 Å². The van der Waals surface area contributed by atoms with Gasteiger partial charge in [0.2, 0.25) is 0 Å². The molecule has 0 aliphatic heterocycles. The third-order valence-electron chi connectivity index (χ3n) is 3.92. The van der Waals surface area contributed by atoms with Crippen molar-refractivity contribution in [3.8, 4) is 0 Å². The van der Waals surface area contributed by atoms with Gasteiger partial charge < -0.3 is 10.3 Å². The van der Waals surface area contributed by atoms with E-state index < -0.39 is 5.91 Å². The van der Waals surface area contributed by atoms with Gasteiger partial charge in [-0.15, -0.1) is 0 Å². The van der Waals surface area contributed by atoms with Gasteiger partial charge in [0.05, 0.1) is 10.6 Å². The molecular formula is C17H16ClN3O. The number of allylic oxidation sites excluding steroid dienone is 2. The van der Waals surface area contributed by atoms with Crippen LogP contribution in [0.2, 0.25) is 5.02 Å². The quantitative estimate of drug-likeness (QED) is 0.895. The average Bonchev–Trinajstić information content (AvgIpc) is 2.91. The highest BCUT2D eigenvalue weighted by atomic mass is 35.5. The number of halogens is 1. The Balaban J connectivity index is 1.84. The number of benzene rings is 1. The summed E-state index contributed by atoms with van der Waals surface area (Å²) in [6, 6.07) is 9.76. The molecule has 1 heterocycles. The largest absolute Gasteiger partial charge is 0.365 e. The fourth-order valence-corrected chi connectivity index (χ4v) is 3.04. The second-order valence-electron chi connectivity index (χ2n) is 5.32. The summed E-state index contributed by atoms with van der Waals surface area (Å²) in [7, 11) is 0. The number of aromatic nitrogens is 1. The van der Waals surface area contributed by atoms with Gasteiger partial charge in [0.1, 0.15) is 5.49 Å². The standard InChI is InChI=1S/C17H16ClN3O/c18-13-9-15(17(20)22)16(19)21(10-13)8-7-12-6-5-11-3-1-2-4-14(11)12/h1-4,6,9-10,19H,5,7-8H2,(H2,20,22). The summed E-state index contributed by atoms with van der Waals surface area (Å²) < 4.78 is 1.67. The SMILES string of the molecule is N=c1c(C(N)=O)cc(Cl)cn1CCC1=CCc2ccccc21. The second kappa shape index (κ2) is 5.81. The Hall–Kier alpha value is -2.33. The highest BCUT2D eigenvalue weighted by Gasteiger charge is 2.14. The predicted molar refractivity (Wildman–Crippen MR) is 86.6 cm³/mol. The molecular weight excluding hydrogens is 298 g/mol. The number of amides is 1. The number of nitrogens with two attached hydrogens (primary N) is 1. The molecule has 22 heavy (non-hydrogen) atoms. The molecule has 112 valence electrons. The Labute approximate surface area is 133 Å².